The molecule has 0 saturated heterocycles. The smallest absolute Gasteiger partial charge is 0.293 e. The normalized spacial score (nSPS) is 12.3. The highest BCUT2D eigenvalue weighted by molar-refractivity contribution is 5.90. The number of anilines is 1. The minimum Gasteiger partial charge on any atom is -0.293 e. The van der Waals surface area contributed by atoms with Crippen molar-refractivity contribution in [1.29, 1.82) is 0 Å². The van der Waals surface area contributed by atoms with Crippen molar-refractivity contribution in [2.24, 2.45) is 0 Å². The second-order valence-corrected chi connectivity index (χ2v) is 5.92. The predicted octanol–water partition coefficient (Wildman–Crippen LogP) is 2.63. The number of aromatic nitrogens is 4. The average Bonchev–Trinajstić information content (AvgIpc) is 2.86. The number of nitrogens with one attached hydrogen (secondary N) is 1. The van der Waals surface area contributed by atoms with Crippen LogP contribution in [0.3, 0.4) is 0 Å². The average molecular weight is 327 g/mol. The fourth-order valence-electron chi connectivity index (χ4n) is 1.71. The summed E-state index contributed by atoms with van der Waals surface area (Å²) in [7, 11) is 0. The van der Waals surface area contributed by atoms with Crippen molar-refractivity contribution in [3.8, 4) is 0 Å². The van der Waals surface area contributed by atoms with E-state index in [2.05, 4.69) is 20.4 Å². The Kier molecular flexibility index (Phi) is 4.39. The molecule has 23 heavy (non-hydrogen) atoms. The maximum absolute atomic E-state index is 12.6. The number of alkyl halides is 3. The second kappa shape index (κ2) is 5.98. The summed E-state index contributed by atoms with van der Waals surface area (Å²) >= 11 is 0. The largest absolute Gasteiger partial charge is 0.433 e. The molecular weight excluding hydrogens is 311 g/mol. The fraction of sp³-hybridized carbons (Fsp3) is 0.429. The molecule has 0 fully saturated rings. The maximum Gasteiger partial charge on any atom is 0.433 e. The molecule has 0 aliphatic rings. The lowest BCUT2D eigenvalue weighted by Crippen LogP contribution is -2.23. The molecule has 0 saturated carbocycles. The highest BCUT2D eigenvalue weighted by Crippen LogP contribution is 2.27. The van der Waals surface area contributed by atoms with Crippen LogP contribution in [0.5, 0.6) is 0 Å². The van der Waals surface area contributed by atoms with Crippen LogP contribution in [0.1, 0.15) is 32.2 Å². The fourth-order valence-corrected chi connectivity index (χ4v) is 1.71. The summed E-state index contributed by atoms with van der Waals surface area (Å²) in [6, 6.07) is 3.43. The zero-order chi connectivity index (χ0) is 17.3. The molecule has 0 bridgehead atoms. The molecule has 0 spiro atoms. The molecule has 2 aromatic rings. The van der Waals surface area contributed by atoms with Crippen LogP contribution in [0.15, 0.2) is 24.5 Å². The topological polar surface area (TPSA) is 72.7 Å². The van der Waals surface area contributed by atoms with E-state index in [-0.39, 0.29) is 23.6 Å². The molecule has 0 aliphatic carbocycles. The van der Waals surface area contributed by atoms with Gasteiger partial charge in [0.1, 0.15) is 12.0 Å². The Balaban J connectivity index is 2.04. The molecule has 0 atom stereocenters. The molecule has 0 unspecified atom stereocenters. The van der Waals surface area contributed by atoms with Crippen molar-refractivity contribution < 1.29 is 18.0 Å². The summed E-state index contributed by atoms with van der Waals surface area (Å²) in [4.78, 5) is 19.3. The summed E-state index contributed by atoms with van der Waals surface area (Å²) in [6.07, 6.45) is -3.37. The first-order chi connectivity index (χ1) is 10.6. The Labute approximate surface area is 130 Å². The van der Waals surface area contributed by atoms with Crippen LogP contribution < -0.4 is 5.32 Å². The summed E-state index contributed by atoms with van der Waals surface area (Å²) < 4.78 is 39.3. The lowest BCUT2D eigenvalue weighted by atomic mass is 10.1. The molecule has 124 valence electrons. The Bertz CT molecular complexity index is 703. The molecule has 2 heterocycles. The van der Waals surface area contributed by atoms with E-state index in [0.29, 0.717) is 0 Å². The molecule has 6 nitrogen and oxygen atoms in total. The van der Waals surface area contributed by atoms with E-state index in [1.54, 1.807) is 4.68 Å². The Morgan fingerprint density at radius 3 is 2.52 bits per heavy atom. The van der Waals surface area contributed by atoms with Gasteiger partial charge in [-0.05, 0) is 32.9 Å². The van der Waals surface area contributed by atoms with E-state index in [0.717, 1.165) is 6.07 Å². The number of carbonyl (C=O) groups excluding carboxylic acids is 1. The first-order valence-electron chi connectivity index (χ1n) is 6.81. The third-order valence-electron chi connectivity index (χ3n) is 2.87. The van der Waals surface area contributed by atoms with Gasteiger partial charge in [0.25, 0.3) is 0 Å². The van der Waals surface area contributed by atoms with Gasteiger partial charge in [0.05, 0.1) is 17.7 Å². The quantitative estimate of drug-likeness (QED) is 0.940. The van der Waals surface area contributed by atoms with Crippen molar-refractivity contribution >= 4 is 11.9 Å². The molecule has 0 aliphatic heterocycles. The highest BCUT2D eigenvalue weighted by atomic mass is 19.4. The maximum atomic E-state index is 12.6. The van der Waals surface area contributed by atoms with E-state index < -0.39 is 17.8 Å². The summed E-state index contributed by atoms with van der Waals surface area (Å²) in [5, 5.41) is 6.53. The van der Waals surface area contributed by atoms with Gasteiger partial charge in [0.2, 0.25) is 11.9 Å². The van der Waals surface area contributed by atoms with Gasteiger partial charge in [0.15, 0.2) is 0 Å². The lowest BCUT2D eigenvalue weighted by molar-refractivity contribution is -0.141. The van der Waals surface area contributed by atoms with Crippen LogP contribution in [0, 0.1) is 0 Å². The van der Waals surface area contributed by atoms with Crippen LogP contribution >= 0.6 is 0 Å². The molecule has 9 heteroatoms. The predicted molar refractivity (Wildman–Crippen MR) is 76.6 cm³/mol. The minimum absolute atomic E-state index is 0.0209. The zero-order valence-corrected chi connectivity index (χ0v) is 12.8. The SMILES string of the molecule is CC(C)(C)n1cnc(NC(=O)Cc2cccc(C(F)(F)F)n2)n1. The molecule has 0 aromatic carbocycles. The standard InChI is InChI=1S/C14H16F3N5O/c1-13(2,3)22-8-18-12(21-22)20-11(23)7-9-5-4-6-10(19-9)14(15,16)17/h4-6,8H,7H2,1-3H3,(H,20,21,23). The molecule has 2 aromatic heterocycles. The number of hydrogen-bond acceptors (Lipinski definition) is 4. The Morgan fingerprint density at radius 2 is 1.96 bits per heavy atom. The van der Waals surface area contributed by atoms with E-state index in [1.165, 1.54) is 18.5 Å². The van der Waals surface area contributed by atoms with Crippen molar-refractivity contribution in [1.82, 2.24) is 19.7 Å². The van der Waals surface area contributed by atoms with Crippen LogP contribution in [-0.4, -0.2) is 25.7 Å². The monoisotopic (exact) mass is 327 g/mol. The summed E-state index contributed by atoms with van der Waals surface area (Å²) in [6.45, 7) is 5.75. The first-order valence-corrected chi connectivity index (χ1v) is 6.81. The highest BCUT2D eigenvalue weighted by Gasteiger charge is 2.32. The van der Waals surface area contributed by atoms with Gasteiger partial charge in [-0.3, -0.25) is 10.1 Å². The van der Waals surface area contributed by atoms with Gasteiger partial charge in [-0.15, -0.1) is 5.10 Å². The van der Waals surface area contributed by atoms with E-state index in [9.17, 15) is 18.0 Å². The Hall–Kier alpha value is -2.45. The third-order valence-corrected chi connectivity index (χ3v) is 2.87. The van der Waals surface area contributed by atoms with E-state index >= 15 is 0 Å². The van der Waals surface area contributed by atoms with Crippen LogP contribution in [-0.2, 0) is 22.9 Å². The van der Waals surface area contributed by atoms with Crippen molar-refractivity contribution in [3.05, 3.63) is 35.9 Å². The number of carbonyl (C=O) groups is 1. The number of rotatable bonds is 3. The summed E-state index contributed by atoms with van der Waals surface area (Å²) in [5.74, 6) is -0.444. The molecule has 1 N–H and O–H groups in total. The number of amides is 1. The van der Waals surface area contributed by atoms with Crippen LogP contribution in [0.4, 0.5) is 19.1 Å². The van der Waals surface area contributed by atoms with Gasteiger partial charge >= 0.3 is 6.18 Å². The van der Waals surface area contributed by atoms with Gasteiger partial charge in [0, 0.05) is 0 Å². The van der Waals surface area contributed by atoms with E-state index in [4.69, 9.17) is 0 Å². The van der Waals surface area contributed by atoms with Crippen molar-refractivity contribution in [2.45, 2.75) is 38.9 Å². The van der Waals surface area contributed by atoms with Gasteiger partial charge in [-0.2, -0.15) is 13.2 Å². The van der Waals surface area contributed by atoms with Gasteiger partial charge < -0.3 is 0 Å². The number of hydrogen-bond donors (Lipinski definition) is 1. The minimum atomic E-state index is -4.54. The van der Waals surface area contributed by atoms with Crippen LogP contribution in [0.2, 0.25) is 0 Å². The summed E-state index contributed by atoms with van der Waals surface area (Å²) in [5.41, 5.74) is -1.30. The third kappa shape index (κ3) is 4.51. The molecule has 2 rings (SSSR count). The number of nitrogens with zero attached hydrogens (tertiary/aromatic N) is 4. The number of pyridine rings is 1. The Morgan fingerprint density at radius 1 is 1.26 bits per heavy atom. The van der Waals surface area contributed by atoms with Gasteiger partial charge in [-0.1, -0.05) is 6.07 Å². The first kappa shape index (κ1) is 16.9. The molecule has 1 amide bonds. The van der Waals surface area contributed by atoms with Crippen molar-refractivity contribution in [2.75, 3.05) is 5.32 Å². The molecular formula is C14H16F3N5O. The zero-order valence-electron chi connectivity index (χ0n) is 12.8. The number of halogens is 3. The second-order valence-electron chi connectivity index (χ2n) is 5.92. The van der Waals surface area contributed by atoms with E-state index in [1.807, 2.05) is 20.8 Å². The van der Waals surface area contributed by atoms with Gasteiger partial charge in [-0.25, -0.2) is 14.6 Å². The lowest BCUT2D eigenvalue weighted by Gasteiger charge is -2.17. The molecule has 0 radical (unpaired) electrons. The van der Waals surface area contributed by atoms with Crippen molar-refractivity contribution in [3.63, 3.8) is 0 Å². The van der Waals surface area contributed by atoms with Crippen LogP contribution in [0.25, 0.3) is 0 Å².